The highest BCUT2D eigenvalue weighted by Gasteiger charge is 2.13. The van der Waals surface area contributed by atoms with E-state index in [-0.39, 0.29) is 5.91 Å². The molecule has 0 saturated carbocycles. The third-order valence-corrected chi connectivity index (χ3v) is 2.85. The van der Waals surface area contributed by atoms with Gasteiger partial charge in [-0.05, 0) is 31.5 Å². The van der Waals surface area contributed by atoms with Crippen LogP contribution >= 0.6 is 11.6 Å². The lowest BCUT2D eigenvalue weighted by atomic mass is 10.2. The summed E-state index contributed by atoms with van der Waals surface area (Å²) in [4.78, 5) is 13.5. The SMILES string of the molecule is CCOCCCC(=O)N(C)c1cc(Cl)ccc1N. The second-order valence-corrected chi connectivity index (χ2v) is 4.39. The molecule has 5 heteroatoms. The van der Waals surface area contributed by atoms with Gasteiger partial charge < -0.3 is 15.4 Å². The molecule has 2 N–H and O–H groups in total. The number of nitrogens with two attached hydrogens (primary N) is 1. The molecule has 0 fully saturated rings. The number of amides is 1. The average Bonchev–Trinajstić information content (AvgIpc) is 2.36. The van der Waals surface area contributed by atoms with Crippen molar-refractivity contribution in [1.82, 2.24) is 0 Å². The van der Waals surface area contributed by atoms with Crippen LogP contribution in [0.3, 0.4) is 0 Å². The molecule has 0 bridgehead atoms. The Kier molecular flexibility index (Phi) is 5.95. The molecule has 0 spiro atoms. The molecule has 18 heavy (non-hydrogen) atoms. The second-order valence-electron chi connectivity index (χ2n) is 3.96. The number of rotatable bonds is 6. The van der Waals surface area contributed by atoms with E-state index >= 15 is 0 Å². The van der Waals surface area contributed by atoms with E-state index in [1.54, 1.807) is 25.2 Å². The van der Waals surface area contributed by atoms with Crippen molar-refractivity contribution in [2.45, 2.75) is 19.8 Å². The van der Waals surface area contributed by atoms with E-state index in [2.05, 4.69) is 0 Å². The van der Waals surface area contributed by atoms with Crippen molar-refractivity contribution in [2.75, 3.05) is 30.9 Å². The Morgan fingerprint density at radius 2 is 2.22 bits per heavy atom. The number of carbonyl (C=O) groups is 1. The highest BCUT2D eigenvalue weighted by atomic mass is 35.5. The van der Waals surface area contributed by atoms with E-state index < -0.39 is 0 Å². The predicted molar refractivity (Wildman–Crippen MR) is 75.0 cm³/mol. The molecule has 0 aromatic heterocycles. The van der Waals surface area contributed by atoms with Crippen LogP contribution in [0, 0.1) is 0 Å². The molecule has 0 unspecified atom stereocenters. The van der Waals surface area contributed by atoms with Crippen LogP contribution in [0.1, 0.15) is 19.8 Å². The van der Waals surface area contributed by atoms with Crippen LogP contribution in [0.5, 0.6) is 0 Å². The van der Waals surface area contributed by atoms with Crippen molar-refractivity contribution in [2.24, 2.45) is 0 Å². The summed E-state index contributed by atoms with van der Waals surface area (Å²) in [5.74, 6) is 0.00340. The number of ether oxygens (including phenoxy) is 1. The van der Waals surface area contributed by atoms with E-state index in [4.69, 9.17) is 22.1 Å². The number of nitrogens with zero attached hydrogens (tertiary/aromatic N) is 1. The highest BCUT2D eigenvalue weighted by Crippen LogP contribution is 2.26. The minimum Gasteiger partial charge on any atom is -0.397 e. The summed E-state index contributed by atoms with van der Waals surface area (Å²) >= 11 is 5.90. The Morgan fingerprint density at radius 3 is 2.89 bits per heavy atom. The normalized spacial score (nSPS) is 10.4. The van der Waals surface area contributed by atoms with Gasteiger partial charge in [-0.25, -0.2) is 0 Å². The van der Waals surface area contributed by atoms with E-state index in [1.807, 2.05) is 6.92 Å². The highest BCUT2D eigenvalue weighted by molar-refractivity contribution is 6.31. The van der Waals surface area contributed by atoms with Gasteiger partial charge in [0, 0.05) is 31.7 Å². The zero-order valence-electron chi connectivity index (χ0n) is 10.8. The Labute approximate surface area is 113 Å². The molecule has 0 aliphatic carbocycles. The van der Waals surface area contributed by atoms with Crippen LogP contribution < -0.4 is 10.6 Å². The van der Waals surface area contributed by atoms with Gasteiger partial charge in [0.15, 0.2) is 0 Å². The monoisotopic (exact) mass is 270 g/mol. The first-order chi connectivity index (χ1) is 8.56. The third kappa shape index (κ3) is 4.20. The van der Waals surface area contributed by atoms with Gasteiger partial charge >= 0.3 is 0 Å². The quantitative estimate of drug-likeness (QED) is 0.639. The first kappa shape index (κ1) is 14.8. The first-order valence-corrected chi connectivity index (χ1v) is 6.33. The van der Waals surface area contributed by atoms with Crippen LogP contribution in [0.4, 0.5) is 11.4 Å². The zero-order valence-corrected chi connectivity index (χ0v) is 11.5. The summed E-state index contributed by atoms with van der Waals surface area (Å²) in [6, 6.07) is 5.09. The minimum atomic E-state index is 0.00340. The first-order valence-electron chi connectivity index (χ1n) is 5.95. The van der Waals surface area contributed by atoms with Crippen molar-refractivity contribution < 1.29 is 9.53 Å². The smallest absolute Gasteiger partial charge is 0.226 e. The van der Waals surface area contributed by atoms with Gasteiger partial charge in [0.2, 0.25) is 5.91 Å². The minimum absolute atomic E-state index is 0.00340. The number of halogens is 1. The average molecular weight is 271 g/mol. The fourth-order valence-electron chi connectivity index (χ4n) is 1.58. The fraction of sp³-hybridized carbons (Fsp3) is 0.462. The molecule has 1 aromatic carbocycles. The standard InChI is InChI=1S/C13H19ClN2O2/c1-3-18-8-4-5-13(17)16(2)12-9-10(14)6-7-11(12)15/h6-7,9H,3-5,8,15H2,1-2H3. The maximum atomic E-state index is 11.9. The van der Waals surface area contributed by atoms with E-state index in [0.29, 0.717) is 42.5 Å². The lowest BCUT2D eigenvalue weighted by Gasteiger charge is -2.19. The maximum absolute atomic E-state index is 11.9. The van der Waals surface area contributed by atoms with E-state index in [9.17, 15) is 4.79 Å². The van der Waals surface area contributed by atoms with Crippen LogP contribution in [0.15, 0.2) is 18.2 Å². The topological polar surface area (TPSA) is 55.6 Å². The maximum Gasteiger partial charge on any atom is 0.226 e. The fourth-order valence-corrected chi connectivity index (χ4v) is 1.75. The molecule has 0 aliphatic heterocycles. The van der Waals surface area contributed by atoms with Crippen LogP contribution in [0.25, 0.3) is 0 Å². The van der Waals surface area contributed by atoms with Gasteiger partial charge in [0.05, 0.1) is 11.4 Å². The predicted octanol–water partition coefficient (Wildman–Crippen LogP) is 2.70. The molecular weight excluding hydrogens is 252 g/mol. The Hall–Kier alpha value is -1.26. The van der Waals surface area contributed by atoms with Gasteiger partial charge in [-0.2, -0.15) is 0 Å². The molecule has 0 atom stereocenters. The van der Waals surface area contributed by atoms with E-state index in [1.165, 1.54) is 4.90 Å². The molecule has 4 nitrogen and oxygen atoms in total. The molecule has 1 rings (SSSR count). The number of nitrogen functional groups attached to an aromatic ring is 1. The lowest BCUT2D eigenvalue weighted by molar-refractivity contribution is -0.118. The number of carbonyl (C=O) groups excluding carboxylic acids is 1. The summed E-state index contributed by atoms with van der Waals surface area (Å²) in [6.45, 7) is 3.20. The molecule has 0 saturated heterocycles. The van der Waals surface area contributed by atoms with Crippen molar-refractivity contribution in [3.63, 3.8) is 0 Å². The second kappa shape index (κ2) is 7.24. The van der Waals surface area contributed by atoms with Crippen molar-refractivity contribution in [3.05, 3.63) is 23.2 Å². The summed E-state index contributed by atoms with van der Waals surface area (Å²) in [5, 5.41) is 0.563. The Morgan fingerprint density at radius 1 is 1.50 bits per heavy atom. The number of anilines is 2. The van der Waals surface area contributed by atoms with E-state index in [0.717, 1.165) is 0 Å². The lowest BCUT2D eigenvalue weighted by Crippen LogP contribution is -2.27. The van der Waals surface area contributed by atoms with Crippen LogP contribution in [-0.4, -0.2) is 26.2 Å². The van der Waals surface area contributed by atoms with Crippen LogP contribution in [-0.2, 0) is 9.53 Å². The largest absolute Gasteiger partial charge is 0.397 e. The van der Waals surface area contributed by atoms with Gasteiger partial charge in [-0.15, -0.1) is 0 Å². The third-order valence-electron chi connectivity index (χ3n) is 2.61. The van der Waals surface area contributed by atoms with Crippen molar-refractivity contribution in [1.29, 1.82) is 0 Å². The molecule has 0 aliphatic rings. The molecule has 0 heterocycles. The van der Waals surface area contributed by atoms with Gasteiger partial charge in [0.25, 0.3) is 0 Å². The Bertz CT molecular complexity index is 410. The summed E-state index contributed by atoms with van der Waals surface area (Å²) < 4.78 is 5.20. The number of hydrogen-bond donors (Lipinski definition) is 1. The Balaban J connectivity index is 2.60. The van der Waals surface area contributed by atoms with Crippen molar-refractivity contribution in [3.8, 4) is 0 Å². The van der Waals surface area contributed by atoms with Gasteiger partial charge in [-0.3, -0.25) is 4.79 Å². The number of benzene rings is 1. The van der Waals surface area contributed by atoms with Crippen LogP contribution in [0.2, 0.25) is 5.02 Å². The van der Waals surface area contributed by atoms with Gasteiger partial charge in [-0.1, -0.05) is 11.6 Å². The molecule has 1 aromatic rings. The van der Waals surface area contributed by atoms with Crippen molar-refractivity contribution >= 4 is 28.9 Å². The van der Waals surface area contributed by atoms with Gasteiger partial charge in [0.1, 0.15) is 0 Å². The summed E-state index contributed by atoms with van der Waals surface area (Å²) in [7, 11) is 1.70. The molecule has 0 radical (unpaired) electrons. The summed E-state index contributed by atoms with van der Waals surface area (Å²) in [5.41, 5.74) is 7.01. The zero-order chi connectivity index (χ0) is 13.5. The number of hydrogen-bond acceptors (Lipinski definition) is 3. The summed E-state index contributed by atoms with van der Waals surface area (Å²) in [6.07, 6.45) is 1.14. The molecule has 1 amide bonds. The molecule has 100 valence electrons. The molecular formula is C13H19ClN2O2.